The maximum absolute atomic E-state index is 12.7. The molecule has 0 saturated carbocycles. The first-order valence-corrected chi connectivity index (χ1v) is 10.3. The van der Waals surface area contributed by atoms with Crippen LogP contribution in [0.15, 0.2) is 72.9 Å². The van der Waals surface area contributed by atoms with Crippen LogP contribution < -0.4 is 10.1 Å². The Balaban J connectivity index is 1.31. The number of imidazole rings is 1. The monoisotopic (exact) mass is 426 g/mol. The third-order valence-electron chi connectivity index (χ3n) is 5.24. The number of ether oxygens (including phenoxy) is 2. The largest absolute Gasteiger partial charge is 0.491 e. The van der Waals surface area contributed by atoms with Gasteiger partial charge >= 0.3 is 0 Å². The molecule has 0 unspecified atom stereocenters. The van der Waals surface area contributed by atoms with Crippen LogP contribution in [0.4, 0.5) is 5.69 Å². The van der Waals surface area contributed by atoms with Crippen LogP contribution in [0.2, 0.25) is 0 Å². The van der Waals surface area contributed by atoms with Gasteiger partial charge in [-0.05, 0) is 47.9 Å². The van der Waals surface area contributed by atoms with E-state index in [-0.39, 0.29) is 5.91 Å². The Hall–Kier alpha value is -4.10. The molecule has 5 aromatic rings. The number of hydrogen-bond acceptors (Lipinski definition) is 4. The molecule has 3 N–H and O–H groups in total. The van der Waals surface area contributed by atoms with E-state index in [1.807, 2.05) is 60.8 Å². The smallest absolute Gasteiger partial charge is 0.255 e. The van der Waals surface area contributed by atoms with Gasteiger partial charge in [0, 0.05) is 41.7 Å². The van der Waals surface area contributed by atoms with Crippen molar-refractivity contribution < 1.29 is 14.3 Å². The molecule has 1 amide bonds. The molecule has 160 valence electrons. The Morgan fingerprint density at radius 1 is 0.969 bits per heavy atom. The van der Waals surface area contributed by atoms with Gasteiger partial charge in [-0.2, -0.15) is 0 Å². The molecule has 32 heavy (non-hydrogen) atoms. The van der Waals surface area contributed by atoms with Crippen molar-refractivity contribution in [1.29, 1.82) is 0 Å². The predicted molar refractivity (Wildman–Crippen MR) is 125 cm³/mol. The Kier molecular flexibility index (Phi) is 5.31. The highest BCUT2D eigenvalue weighted by Crippen LogP contribution is 2.25. The number of aromatic amines is 2. The molecule has 0 fully saturated rings. The number of nitrogens with zero attached hydrogens (tertiary/aromatic N) is 1. The average Bonchev–Trinajstić information content (AvgIpc) is 3.45. The van der Waals surface area contributed by atoms with Crippen LogP contribution in [0.25, 0.3) is 33.3 Å². The highest BCUT2D eigenvalue weighted by Gasteiger charge is 2.10. The van der Waals surface area contributed by atoms with Crippen LogP contribution in [0, 0.1) is 0 Å². The van der Waals surface area contributed by atoms with Crippen LogP contribution in [-0.4, -0.2) is 41.2 Å². The van der Waals surface area contributed by atoms with E-state index < -0.39 is 0 Å². The van der Waals surface area contributed by atoms with Crippen LogP contribution in [0.3, 0.4) is 0 Å². The van der Waals surface area contributed by atoms with Crippen molar-refractivity contribution in [3.05, 3.63) is 78.5 Å². The zero-order valence-electron chi connectivity index (χ0n) is 17.5. The first-order chi connectivity index (χ1) is 15.7. The molecule has 7 heteroatoms. The second-order valence-corrected chi connectivity index (χ2v) is 7.42. The molecule has 0 spiro atoms. The number of methoxy groups -OCH3 is 1. The number of hydrogen-bond donors (Lipinski definition) is 3. The van der Waals surface area contributed by atoms with Gasteiger partial charge in [0.15, 0.2) is 0 Å². The van der Waals surface area contributed by atoms with E-state index in [0.717, 1.165) is 44.8 Å². The molecular formula is C25H22N4O3. The number of carbonyl (C=O) groups is 1. The third-order valence-corrected chi connectivity index (χ3v) is 5.24. The van der Waals surface area contributed by atoms with E-state index in [0.29, 0.717) is 18.8 Å². The van der Waals surface area contributed by atoms with Crippen molar-refractivity contribution in [1.82, 2.24) is 15.0 Å². The Labute approximate surface area is 184 Å². The fourth-order valence-corrected chi connectivity index (χ4v) is 3.57. The summed E-state index contributed by atoms with van der Waals surface area (Å²) in [5.41, 5.74) is 4.93. The molecular weight excluding hydrogens is 404 g/mol. The lowest BCUT2D eigenvalue weighted by atomic mass is 10.1. The first kappa shape index (κ1) is 19.8. The summed E-state index contributed by atoms with van der Waals surface area (Å²) in [4.78, 5) is 23.8. The van der Waals surface area contributed by atoms with Gasteiger partial charge in [-0.1, -0.05) is 18.2 Å². The second kappa shape index (κ2) is 8.56. The number of fused-ring (bicyclic) bond motifs is 2. The zero-order valence-corrected chi connectivity index (χ0v) is 17.5. The van der Waals surface area contributed by atoms with Gasteiger partial charge in [0.05, 0.1) is 17.6 Å². The number of H-pyrrole nitrogens is 2. The summed E-state index contributed by atoms with van der Waals surface area (Å²) in [6, 6.07) is 20.9. The summed E-state index contributed by atoms with van der Waals surface area (Å²) in [7, 11) is 1.64. The number of nitrogens with one attached hydrogen (secondary N) is 3. The number of carbonyl (C=O) groups excluding carboxylic acids is 1. The lowest BCUT2D eigenvalue weighted by molar-refractivity contribution is 0.102. The number of aromatic nitrogens is 3. The highest BCUT2D eigenvalue weighted by atomic mass is 16.5. The van der Waals surface area contributed by atoms with Crippen LogP contribution in [0.5, 0.6) is 5.75 Å². The Morgan fingerprint density at radius 3 is 2.69 bits per heavy atom. The summed E-state index contributed by atoms with van der Waals surface area (Å²) in [6.45, 7) is 1.03. The van der Waals surface area contributed by atoms with E-state index in [9.17, 15) is 4.79 Å². The van der Waals surface area contributed by atoms with Gasteiger partial charge in [-0.15, -0.1) is 0 Å². The standard InChI is InChI=1S/C25H22N4O3/c1-31-12-13-32-20-8-9-21-23(15-20)29-24(28-21)17-2-4-18(5-3-17)25(30)27-19-7-6-16-10-11-26-22(16)14-19/h2-11,14-15,26H,12-13H2,1H3,(H,27,30)(H,28,29). The van der Waals surface area contributed by atoms with Crippen molar-refractivity contribution in [2.75, 3.05) is 25.6 Å². The topological polar surface area (TPSA) is 92.0 Å². The van der Waals surface area contributed by atoms with E-state index in [4.69, 9.17) is 9.47 Å². The quantitative estimate of drug-likeness (QED) is 0.320. The second-order valence-electron chi connectivity index (χ2n) is 7.42. The maximum atomic E-state index is 12.7. The molecule has 0 aliphatic carbocycles. The summed E-state index contributed by atoms with van der Waals surface area (Å²) < 4.78 is 10.7. The molecule has 0 atom stereocenters. The van der Waals surface area contributed by atoms with Gasteiger partial charge in [0.1, 0.15) is 18.2 Å². The van der Waals surface area contributed by atoms with Crippen molar-refractivity contribution >= 4 is 33.5 Å². The molecule has 0 radical (unpaired) electrons. The van der Waals surface area contributed by atoms with Crippen molar-refractivity contribution in [2.45, 2.75) is 0 Å². The van der Waals surface area contributed by atoms with Gasteiger partial charge in [0.25, 0.3) is 5.91 Å². The molecule has 0 saturated heterocycles. The molecule has 7 nitrogen and oxygen atoms in total. The maximum Gasteiger partial charge on any atom is 0.255 e. The predicted octanol–water partition coefficient (Wildman–Crippen LogP) is 4.99. The normalized spacial score (nSPS) is 11.2. The van der Waals surface area contributed by atoms with Gasteiger partial charge in [-0.3, -0.25) is 4.79 Å². The van der Waals surface area contributed by atoms with E-state index >= 15 is 0 Å². The lowest BCUT2D eigenvalue weighted by Gasteiger charge is -2.06. The minimum Gasteiger partial charge on any atom is -0.491 e. The number of amides is 1. The SMILES string of the molecule is COCCOc1ccc2nc(-c3ccc(C(=O)Nc4ccc5cc[nH]c5c4)cc3)[nH]c2c1. The summed E-state index contributed by atoms with van der Waals surface area (Å²) in [5.74, 6) is 1.33. The summed E-state index contributed by atoms with van der Waals surface area (Å²) in [5, 5.41) is 4.05. The van der Waals surface area contributed by atoms with Gasteiger partial charge < -0.3 is 24.8 Å². The fraction of sp³-hybridized carbons (Fsp3) is 0.120. The average molecular weight is 426 g/mol. The number of anilines is 1. The molecule has 5 rings (SSSR count). The number of benzene rings is 3. The molecule has 0 aliphatic rings. The molecule has 2 aromatic heterocycles. The van der Waals surface area contributed by atoms with Crippen LogP contribution in [-0.2, 0) is 4.74 Å². The molecule has 2 heterocycles. The first-order valence-electron chi connectivity index (χ1n) is 10.3. The van der Waals surface area contributed by atoms with Gasteiger partial charge in [0.2, 0.25) is 0 Å². The minimum atomic E-state index is -0.162. The van der Waals surface area contributed by atoms with Crippen molar-refractivity contribution in [2.24, 2.45) is 0 Å². The molecule has 0 bridgehead atoms. The van der Waals surface area contributed by atoms with E-state index in [1.165, 1.54) is 0 Å². The van der Waals surface area contributed by atoms with E-state index in [2.05, 4.69) is 20.3 Å². The van der Waals surface area contributed by atoms with Gasteiger partial charge in [-0.25, -0.2) is 4.98 Å². The molecule has 3 aromatic carbocycles. The third kappa shape index (κ3) is 4.06. The summed E-state index contributed by atoms with van der Waals surface area (Å²) in [6.07, 6.45) is 1.88. The summed E-state index contributed by atoms with van der Waals surface area (Å²) >= 11 is 0. The minimum absolute atomic E-state index is 0.162. The van der Waals surface area contributed by atoms with Crippen LogP contribution >= 0.6 is 0 Å². The van der Waals surface area contributed by atoms with Crippen LogP contribution in [0.1, 0.15) is 10.4 Å². The van der Waals surface area contributed by atoms with E-state index in [1.54, 1.807) is 19.2 Å². The molecule has 0 aliphatic heterocycles. The van der Waals surface area contributed by atoms with Crippen molar-refractivity contribution in [3.8, 4) is 17.1 Å². The zero-order chi connectivity index (χ0) is 21.9. The fourth-order valence-electron chi connectivity index (χ4n) is 3.57. The lowest BCUT2D eigenvalue weighted by Crippen LogP contribution is -2.11. The van der Waals surface area contributed by atoms with Crippen molar-refractivity contribution in [3.63, 3.8) is 0 Å². The highest BCUT2D eigenvalue weighted by molar-refractivity contribution is 6.05. The Morgan fingerprint density at radius 2 is 1.84 bits per heavy atom. The number of rotatable bonds is 7. The Bertz CT molecular complexity index is 1390.